The molecular formula is C11H10F3NOS. The van der Waals surface area contributed by atoms with Crippen molar-refractivity contribution < 1.29 is 18.0 Å². The number of ketones is 1. The van der Waals surface area contributed by atoms with Crippen molar-refractivity contribution in [3.8, 4) is 6.07 Å². The van der Waals surface area contributed by atoms with Crippen LogP contribution in [-0.4, -0.2) is 17.7 Å². The van der Waals surface area contributed by atoms with Gasteiger partial charge in [0.25, 0.3) is 5.78 Å². The third kappa shape index (κ3) is 1.97. The molecule has 2 aliphatic rings. The van der Waals surface area contributed by atoms with Crippen LogP contribution in [0.3, 0.4) is 0 Å². The lowest BCUT2D eigenvalue weighted by Crippen LogP contribution is -2.46. The maximum absolute atomic E-state index is 12.5. The Morgan fingerprint density at radius 3 is 2.53 bits per heavy atom. The number of carbonyl (C=O) groups excluding carboxylic acids is 1. The molecule has 2 nitrogen and oxygen atoms in total. The fourth-order valence-electron chi connectivity index (χ4n) is 2.46. The van der Waals surface area contributed by atoms with E-state index in [-0.39, 0.29) is 11.3 Å². The van der Waals surface area contributed by atoms with E-state index in [2.05, 4.69) is 0 Å². The van der Waals surface area contributed by atoms with Crippen LogP contribution in [0.1, 0.15) is 25.7 Å². The number of thioether (sulfide) groups is 1. The Morgan fingerprint density at radius 2 is 2.12 bits per heavy atom. The van der Waals surface area contributed by atoms with E-state index in [1.807, 2.05) is 6.07 Å². The highest BCUT2D eigenvalue weighted by Crippen LogP contribution is 2.62. The first kappa shape index (κ1) is 12.5. The molecular weight excluding hydrogens is 251 g/mol. The maximum Gasteiger partial charge on any atom is 0.454 e. The van der Waals surface area contributed by atoms with Gasteiger partial charge in [0.15, 0.2) is 0 Å². The molecule has 0 atom stereocenters. The van der Waals surface area contributed by atoms with Crippen LogP contribution in [0.2, 0.25) is 0 Å². The number of Topliss-reactive ketones (excluding diaryl/α,β-unsaturated/α-hetero) is 1. The number of nitrogens with zero attached hydrogens (tertiary/aromatic N) is 1. The topological polar surface area (TPSA) is 40.9 Å². The molecule has 0 radical (unpaired) electrons. The summed E-state index contributed by atoms with van der Waals surface area (Å²) >= 11 is 1.06. The zero-order valence-electron chi connectivity index (χ0n) is 8.93. The van der Waals surface area contributed by atoms with E-state index in [0.717, 1.165) is 18.2 Å². The summed E-state index contributed by atoms with van der Waals surface area (Å²) in [6.07, 6.45) is -2.04. The van der Waals surface area contributed by atoms with Gasteiger partial charge in [0, 0.05) is 11.0 Å². The highest BCUT2D eigenvalue weighted by Gasteiger charge is 2.57. The van der Waals surface area contributed by atoms with Crippen LogP contribution < -0.4 is 0 Å². The van der Waals surface area contributed by atoms with Gasteiger partial charge in [-0.05, 0) is 24.2 Å². The molecule has 1 saturated carbocycles. The van der Waals surface area contributed by atoms with Crippen molar-refractivity contribution in [1.82, 2.24) is 0 Å². The van der Waals surface area contributed by atoms with E-state index in [9.17, 15) is 18.0 Å². The summed E-state index contributed by atoms with van der Waals surface area (Å²) in [4.78, 5) is 11.8. The van der Waals surface area contributed by atoms with E-state index in [1.165, 1.54) is 0 Å². The van der Waals surface area contributed by atoms with Gasteiger partial charge in [0.05, 0.1) is 11.8 Å². The Hall–Kier alpha value is -0.960. The molecule has 0 aromatic heterocycles. The molecule has 2 aliphatic carbocycles. The third-order valence-corrected chi connectivity index (χ3v) is 4.38. The minimum absolute atomic E-state index is 0.0588. The molecule has 0 heterocycles. The average molecular weight is 261 g/mol. The summed E-state index contributed by atoms with van der Waals surface area (Å²) in [5.41, 5.74) is -0.568. The van der Waals surface area contributed by atoms with Crippen LogP contribution in [0, 0.1) is 16.7 Å². The first-order chi connectivity index (χ1) is 7.91. The zero-order chi connectivity index (χ0) is 12.7. The Balaban J connectivity index is 2.24. The lowest BCUT2D eigenvalue weighted by molar-refractivity contribution is -0.169. The van der Waals surface area contributed by atoms with E-state index < -0.39 is 17.4 Å². The van der Waals surface area contributed by atoms with Crippen molar-refractivity contribution in [2.24, 2.45) is 5.41 Å². The average Bonchev–Trinajstić information content (AvgIpc) is 2.12. The van der Waals surface area contributed by atoms with Crippen molar-refractivity contribution in [2.45, 2.75) is 31.9 Å². The van der Waals surface area contributed by atoms with Crippen molar-refractivity contribution in [2.75, 3.05) is 5.75 Å². The maximum atomic E-state index is 12.5. The second-order valence-electron chi connectivity index (χ2n) is 4.38. The van der Waals surface area contributed by atoms with Gasteiger partial charge in [0.1, 0.15) is 0 Å². The molecule has 0 bridgehead atoms. The molecule has 0 amide bonds. The Kier molecular flexibility index (Phi) is 2.98. The fourth-order valence-corrected chi connectivity index (χ4v) is 3.53. The molecule has 92 valence electrons. The minimum atomic E-state index is -4.79. The van der Waals surface area contributed by atoms with Gasteiger partial charge in [0.2, 0.25) is 0 Å². The lowest BCUT2D eigenvalue weighted by Gasteiger charge is -2.51. The third-order valence-electron chi connectivity index (χ3n) is 3.41. The molecule has 6 heteroatoms. The van der Waals surface area contributed by atoms with Gasteiger partial charge in [-0.15, -0.1) is 11.8 Å². The van der Waals surface area contributed by atoms with E-state index >= 15 is 0 Å². The van der Waals surface area contributed by atoms with Crippen LogP contribution in [0.4, 0.5) is 13.2 Å². The van der Waals surface area contributed by atoms with Crippen LogP contribution >= 0.6 is 11.8 Å². The minimum Gasteiger partial charge on any atom is -0.284 e. The summed E-state index contributed by atoms with van der Waals surface area (Å²) in [5, 5.41) is 8.42. The molecule has 0 N–H and O–H groups in total. The molecule has 0 saturated heterocycles. The van der Waals surface area contributed by atoms with Gasteiger partial charge in [-0.25, -0.2) is 0 Å². The highest BCUT2D eigenvalue weighted by molar-refractivity contribution is 8.03. The predicted molar refractivity (Wildman–Crippen MR) is 57.1 cm³/mol. The molecule has 17 heavy (non-hydrogen) atoms. The number of allylic oxidation sites excluding steroid dienone is 2. The van der Waals surface area contributed by atoms with Crippen molar-refractivity contribution >= 4 is 17.5 Å². The number of rotatable bonds is 3. The normalized spacial score (nSPS) is 21.8. The number of halogens is 3. The summed E-state index contributed by atoms with van der Waals surface area (Å²) in [6, 6.07) is 1.86. The number of nitriles is 1. The first-order valence-electron chi connectivity index (χ1n) is 5.26. The smallest absolute Gasteiger partial charge is 0.284 e. The van der Waals surface area contributed by atoms with Gasteiger partial charge in [-0.1, -0.05) is 6.42 Å². The van der Waals surface area contributed by atoms with Crippen LogP contribution in [0.25, 0.3) is 0 Å². The fraction of sp³-hybridized carbons (Fsp3) is 0.636. The largest absolute Gasteiger partial charge is 0.454 e. The lowest BCUT2D eigenvalue weighted by atomic mass is 9.55. The van der Waals surface area contributed by atoms with Gasteiger partial charge < -0.3 is 0 Å². The molecule has 0 aromatic rings. The number of hydrogen-bond donors (Lipinski definition) is 0. The Morgan fingerprint density at radius 1 is 1.47 bits per heavy atom. The SMILES string of the molecule is N#CCSC1=C(C(=O)C(F)(F)F)C2(CCC2)C1. The zero-order valence-corrected chi connectivity index (χ0v) is 9.75. The monoisotopic (exact) mass is 261 g/mol. The second-order valence-corrected chi connectivity index (χ2v) is 5.45. The van der Waals surface area contributed by atoms with Gasteiger partial charge >= 0.3 is 6.18 Å². The van der Waals surface area contributed by atoms with Gasteiger partial charge in [-0.2, -0.15) is 18.4 Å². The van der Waals surface area contributed by atoms with Crippen LogP contribution in [-0.2, 0) is 4.79 Å². The number of hydrogen-bond acceptors (Lipinski definition) is 3. The molecule has 2 rings (SSSR count). The standard InChI is InChI=1S/C11H10F3NOS/c12-11(13,14)9(16)8-7(17-5-4-15)6-10(8)2-1-3-10/h1-3,5-6H2. The van der Waals surface area contributed by atoms with Crippen molar-refractivity contribution in [3.63, 3.8) is 0 Å². The van der Waals surface area contributed by atoms with E-state index in [1.54, 1.807) is 0 Å². The predicted octanol–water partition coefficient (Wildman–Crippen LogP) is 3.20. The molecule has 0 unspecified atom stereocenters. The Bertz CT molecular complexity index is 429. The first-order valence-corrected chi connectivity index (χ1v) is 6.24. The molecule has 0 aliphatic heterocycles. The quantitative estimate of drug-likeness (QED) is 0.783. The van der Waals surface area contributed by atoms with Crippen LogP contribution in [0.15, 0.2) is 10.5 Å². The number of carbonyl (C=O) groups is 1. The van der Waals surface area contributed by atoms with Crippen molar-refractivity contribution in [3.05, 3.63) is 10.5 Å². The summed E-state index contributed by atoms with van der Waals surface area (Å²) < 4.78 is 37.4. The van der Waals surface area contributed by atoms with Crippen molar-refractivity contribution in [1.29, 1.82) is 5.26 Å². The highest BCUT2D eigenvalue weighted by atomic mass is 32.2. The molecule has 1 fully saturated rings. The number of alkyl halides is 3. The molecule has 0 aromatic carbocycles. The second kappa shape index (κ2) is 4.05. The van der Waals surface area contributed by atoms with Gasteiger partial charge in [-0.3, -0.25) is 4.79 Å². The summed E-state index contributed by atoms with van der Waals surface area (Å²) in [5.74, 6) is -1.61. The van der Waals surface area contributed by atoms with E-state index in [0.29, 0.717) is 24.2 Å². The Labute approximate surface area is 101 Å². The summed E-state index contributed by atoms with van der Waals surface area (Å²) in [6.45, 7) is 0. The summed E-state index contributed by atoms with van der Waals surface area (Å²) in [7, 11) is 0. The van der Waals surface area contributed by atoms with Crippen LogP contribution in [0.5, 0.6) is 0 Å². The molecule has 1 spiro atoms. The van der Waals surface area contributed by atoms with E-state index in [4.69, 9.17) is 5.26 Å².